The first kappa shape index (κ1) is 17.1. The smallest absolute Gasteiger partial charge is 0.243 e. The van der Waals surface area contributed by atoms with Crippen molar-refractivity contribution in [2.24, 2.45) is 5.92 Å². The van der Waals surface area contributed by atoms with Crippen LogP contribution in [0.3, 0.4) is 0 Å². The third-order valence-electron chi connectivity index (χ3n) is 2.94. The van der Waals surface area contributed by atoms with Gasteiger partial charge in [0.2, 0.25) is 5.91 Å². The van der Waals surface area contributed by atoms with Gasteiger partial charge in [-0.15, -0.1) is 0 Å². The number of benzene rings is 1. The Morgan fingerprint density at radius 3 is 2.71 bits per heavy atom. The molecule has 0 bridgehead atoms. The Hall–Kier alpha value is -1.97. The molecule has 116 valence electrons. The third kappa shape index (κ3) is 6.34. The van der Waals surface area contributed by atoms with Gasteiger partial charge in [0.05, 0.1) is 13.7 Å². The van der Waals surface area contributed by atoms with E-state index in [1.165, 1.54) is 6.08 Å². The monoisotopic (exact) mass is 291 g/mol. The number of nitrogens with one attached hydrogen (secondary N) is 1. The average molecular weight is 291 g/mol. The van der Waals surface area contributed by atoms with Gasteiger partial charge in [-0.05, 0) is 43.0 Å². The molecule has 0 saturated carbocycles. The van der Waals surface area contributed by atoms with Crippen LogP contribution in [0.4, 0.5) is 0 Å². The maximum Gasteiger partial charge on any atom is 0.243 e. The van der Waals surface area contributed by atoms with Crippen LogP contribution in [0.25, 0.3) is 6.08 Å². The minimum absolute atomic E-state index is 0.0801. The van der Waals surface area contributed by atoms with Crippen LogP contribution >= 0.6 is 0 Å². The molecule has 0 aliphatic heterocycles. The van der Waals surface area contributed by atoms with Crippen molar-refractivity contribution in [1.29, 1.82) is 0 Å². The topological polar surface area (TPSA) is 47.6 Å². The molecule has 0 spiro atoms. The van der Waals surface area contributed by atoms with Crippen LogP contribution in [0, 0.1) is 5.92 Å². The van der Waals surface area contributed by atoms with Gasteiger partial charge >= 0.3 is 0 Å². The summed E-state index contributed by atoms with van der Waals surface area (Å²) in [7, 11) is 1.60. The fourth-order valence-corrected chi connectivity index (χ4v) is 1.78. The molecule has 0 unspecified atom stereocenters. The Morgan fingerprint density at radius 1 is 1.33 bits per heavy atom. The molecule has 0 atom stereocenters. The van der Waals surface area contributed by atoms with Gasteiger partial charge in [-0.25, -0.2) is 0 Å². The van der Waals surface area contributed by atoms with Crippen LogP contribution in [-0.4, -0.2) is 26.2 Å². The summed E-state index contributed by atoms with van der Waals surface area (Å²) in [5.74, 6) is 1.88. The average Bonchev–Trinajstić information content (AvgIpc) is 2.46. The van der Waals surface area contributed by atoms with Crippen LogP contribution in [-0.2, 0) is 4.79 Å². The fourth-order valence-electron chi connectivity index (χ4n) is 1.78. The summed E-state index contributed by atoms with van der Waals surface area (Å²) in [4.78, 5) is 11.7. The van der Waals surface area contributed by atoms with E-state index in [1.54, 1.807) is 13.2 Å². The van der Waals surface area contributed by atoms with Crippen LogP contribution in [0.5, 0.6) is 11.5 Å². The maximum atomic E-state index is 11.7. The SMILES string of the molecule is CCOc1ccc(/C=C/C(=O)NCCC(C)C)cc1OC. The Kier molecular flexibility index (Phi) is 7.37. The molecule has 0 aromatic heterocycles. The summed E-state index contributed by atoms with van der Waals surface area (Å²) in [6.45, 7) is 7.48. The van der Waals surface area contributed by atoms with Crippen molar-refractivity contribution in [2.45, 2.75) is 27.2 Å². The number of amides is 1. The number of methoxy groups -OCH3 is 1. The van der Waals surface area contributed by atoms with Gasteiger partial charge < -0.3 is 14.8 Å². The first-order valence-corrected chi connectivity index (χ1v) is 7.33. The van der Waals surface area contributed by atoms with Crippen molar-refractivity contribution in [2.75, 3.05) is 20.3 Å². The van der Waals surface area contributed by atoms with Gasteiger partial charge in [0.1, 0.15) is 0 Å². The van der Waals surface area contributed by atoms with Crippen LogP contribution in [0.15, 0.2) is 24.3 Å². The van der Waals surface area contributed by atoms with Gasteiger partial charge in [0.15, 0.2) is 11.5 Å². The summed E-state index contributed by atoms with van der Waals surface area (Å²) in [6.07, 6.45) is 4.29. The molecule has 1 N–H and O–H groups in total. The molecule has 0 radical (unpaired) electrons. The summed E-state index contributed by atoms with van der Waals surface area (Å²) in [5, 5.41) is 2.86. The molecule has 1 amide bonds. The third-order valence-corrected chi connectivity index (χ3v) is 2.94. The highest BCUT2D eigenvalue weighted by molar-refractivity contribution is 5.91. The molecule has 21 heavy (non-hydrogen) atoms. The Balaban J connectivity index is 2.61. The van der Waals surface area contributed by atoms with Crippen molar-refractivity contribution in [1.82, 2.24) is 5.32 Å². The van der Waals surface area contributed by atoms with Crippen molar-refractivity contribution in [3.63, 3.8) is 0 Å². The van der Waals surface area contributed by atoms with E-state index in [9.17, 15) is 4.79 Å². The molecule has 1 rings (SSSR count). The second-order valence-corrected chi connectivity index (χ2v) is 5.15. The summed E-state index contributed by atoms with van der Waals surface area (Å²) in [5.41, 5.74) is 0.898. The normalized spacial score (nSPS) is 10.9. The van der Waals surface area contributed by atoms with E-state index in [0.29, 0.717) is 30.6 Å². The second kappa shape index (κ2) is 9.06. The van der Waals surface area contributed by atoms with Crippen LogP contribution in [0.1, 0.15) is 32.8 Å². The Labute approximate surface area is 127 Å². The van der Waals surface area contributed by atoms with E-state index in [2.05, 4.69) is 19.2 Å². The van der Waals surface area contributed by atoms with Crippen molar-refractivity contribution in [3.8, 4) is 11.5 Å². The highest BCUT2D eigenvalue weighted by atomic mass is 16.5. The Bertz CT molecular complexity index is 481. The van der Waals surface area contributed by atoms with Crippen LogP contribution < -0.4 is 14.8 Å². The zero-order valence-corrected chi connectivity index (χ0v) is 13.3. The molecule has 0 fully saturated rings. The number of rotatable bonds is 8. The van der Waals surface area contributed by atoms with E-state index in [0.717, 1.165) is 12.0 Å². The van der Waals surface area contributed by atoms with Crippen molar-refractivity contribution >= 4 is 12.0 Å². The Morgan fingerprint density at radius 2 is 2.10 bits per heavy atom. The number of hydrogen-bond donors (Lipinski definition) is 1. The highest BCUT2D eigenvalue weighted by Gasteiger charge is 2.04. The molecule has 1 aromatic carbocycles. The zero-order chi connectivity index (χ0) is 15.7. The van der Waals surface area contributed by atoms with Gasteiger partial charge in [0, 0.05) is 12.6 Å². The first-order chi connectivity index (χ1) is 10.1. The van der Waals surface area contributed by atoms with Gasteiger partial charge in [-0.2, -0.15) is 0 Å². The molecule has 4 heteroatoms. The number of carbonyl (C=O) groups is 1. The predicted octanol–water partition coefficient (Wildman–Crippen LogP) is 3.27. The minimum atomic E-state index is -0.0801. The largest absolute Gasteiger partial charge is 0.493 e. The van der Waals surface area contributed by atoms with Crippen molar-refractivity contribution in [3.05, 3.63) is 29.8 Å². The fraction of sp³-hybridized carbons (Fsp3) is 0.471. The minimum Gasteiger partial charge on any atom is -0.493 e. The molecule has 0 aliphatic rings. The quantitative estimate of drug-likeness (QED) is 0.748. The standard InChI is InChI=1S/C17H25NO3/c1-5-21-15-8-6-14(12-16(15)20-4)7-9-17(19)18-11-10-13(2)3/h6-9,12-13H,5,10-11H2,1-4H3,(H,18,19)/b9-7+. The zero-order valence-electron chi connectivity index (χ0n) is 13.3. The highest BCUT2D eigenvalue weighted by Crippen LogP contribution is 2.28. The van der Waals surface area contributed by atoms with Crippen molar-refractivity contribution < 1.29 is 14.3 Å². The molecular weight excluding hydrogens is 266 g/mol. The molecular formula is C17H25NO3. The lowest BCUT2D eigenvalue weighted by Crippen LogP contribution is -2.23. The predicted molar refractivity (Wildman–Crippen MR) is 85.7 cm³/mol. The van der Waals surface area contributed by atoms with Gasteiger partial charge in [0.25, 0.3) is 0 Å². The molecule has 0 aliphatic carbocycles. The second-order valence-electron chi connectivity index (χ2n) is 5.15. The lowest BCUT2D eigenvalue weighted by atomic mass is 10.1. The van der Waals surface area contributed by atoms with Gasteiger partial charge in [-0.3, -0.25) is 4.79 Å². The first-order valence-electron chi connectivity index (χ1n) is 7.33. The molecule has 4 nitrogen and oxygen atoms in total. The molecule has 0 heterocycles. The van der Waals surface area contributed by atoms with E-state index in [4.69, 9.17) is 9.47 Å². The lowest BCUT2D eigenvalue weighted by Gasteiger charge is -2.09. The summed E-state index contributed by atoms with van der Waals surface area (Å²) < 4.78 is 10.7. The molecule has 0 saturated heterocycles. The van der Waals surface area contributed by atoms with E-state index in [1.807, 2.05) is 25.1 Å². The van der Waals surface area contributed by atoms with Crippen LogP contribution in [0.2, 0.25) is 0 Å². The molecule has 1 aromatic rings. The lowest BCUT2D eigenvalue weighted by molar-refractivity contribution is -0.116. The van der Waals surface area contributed by atoms with E-state index >= 15 is 0 Å². The summed E-state index contributed by atoms with van der Waals surface area (Å²) >= 11 is 0. The number of ether oxygens (including phenoxy) is 2. The van der Waals surface area contributed by atoms with E-state index in [-0.39, 0.29) is 5.91 Å². The van der Waals surface area contributed by atoms with Gasteiger partial charge in [-0.1, -0.05) is 19.9 Å². The number of carbonyl (C=O) groups excluding carboxylic acids is 1. The van der Waals surface area contributed by atoms with E-state index < -0.39 is 0 Å². The summed E-state index contributed by atoms with van der Waals surface area (Å²) in [6, 6.07) is 5.59. The maximum absolute atomic E-state index is 11.7. The number of hydrogen-bond acceptors (Lipinski definition) is 3.